The Hall–Kier alpha value is -4.66. The van der Waals surface area contributed by atoms with Crippen molar-refractivity contribution in [3.63, 3.8) is 0 Å². The molecular formula is C42H75N7O7. The molecule has 4 amide bonds. The fraction of sp³-hybridized carbons (Fsp3) is 0.571. The molecule has 0 spiro atoms. The maximum atomic E-state index is 12.0. The molecule has 1 unspecified atom stereocenters. The van der Waals surface area contributed by atoms with Crippen LogP contribution in [0.2, 0.25) is 0 Å². The van der Waals surface area contributed by atoms with Crippen molar-refractivity contribution in [3.8, 4) is 0 Å². The first kappa shape index (κ1) is 58.1. The highest BCUT2D eigenvalue weighted by molar-refractivity contribution is 6.00. The van der Waals surface area contributed by atoms with Crippen LogP contribution in [0, 0.1) is 6.92 Å². The number of para-hydroxylation sites is 1. The number of likely N-dealkylation sites (N-methyl/N-ethyl adjacent to an activating group) is 1. The van der Waals surface area contributed by atoms with Crippen molar-refractivity contribution in [1.29, 1.82) is 0 Å². The average Bonchev–Trinajstić information content (AvgIpc) is 3.70. The summed E-state index contributed by atoms with van der Waals surface area (Å²) in [7, 11) is 4.97. The molecule has 1 aliphatic rings. The maximum Gasteiger partial charge on any atom is 0.323 e. The molecule has 1 aliphatic heterocycles. The van der Waals surface area contributed by atoms with Crippen LogP contribution in [0.15, 0.2) is 48.5 Å². The molecule has 14 nitrogen and oxygen atoms in total. The molecule has 0 aromatic heterocycles. The predicted molar refractivity (Wildman–Crippen MR) is 231 cm³/mol. The van der Waals surface area contributed by atoms with E-state index in [1.807, 2.05) is 58.9 Å². The molecule has 320 valence electrons. The Balaban J connectivity index is -0.000000355. The molecule has 0 saturated carbocycles. The summed E-state index contributed by atoms with van der Waals surface area (Å²) in [4.78, 5) is 68.1. The first-order valence-electron chi connectivity index (χ1n) is 19.7. The Morgan fingerprint density at radius 3 is 1.80 bits per heavy atom. The van der Waals surface area contributed by atoms with E-state index in [1.54, 1.807) is 31.3 Å². The third-order valence-electron chi connectivity index (χ3n) is 6.86. The second-order valence-electron chi connectivity index (χ2n) is 11.6. The van der Waals surface area contributed by atoms with E-state index in [-0.39, 0.29) is 37.9 Å². The van der Waals surface area contributed by atoms with Gasteiger partial charge in [0, 0.05) is 11.4 Å². The number of nitrogens with one attached hydrogen (secondary N) is 5. The number of methoxy groups -OCH3 is 1. The first-order valence-corrected chi connectivity index (χ1v) is 19.7. The normalized spacial score (nSPS) is 11.1. The molecular weight excluding hydrogens is 715 g/mol. The number of carbonyl (C=O) groups excluding carboxylic acids is 6. The van der Waals surface area contributed by atoms with Crippen molar-refractivity contribution in [3.05, 3.63) is 59.7 Å². The first-order chi connectivity index (χ1) is 27.0. The van der Waals surface area contributed by atoms with Gasteiger partial charge in [-0.1, -0.05) is 91.6 Å². The number of esters is 1. The third kappa shape index (κ3) is 35.1. The van der Waals surface area contributed by atoms with Crippen LogP contribution < -0.4 is 32.3 Å². The number of aldehydes is 2. The van der Waals surface area contributed by atoms with Gasteiger partial charge < -0.3 is 51.5 Å². The summed E-state index contributed by atoms with van der Waals surface area (Å²) < 4.78 is 4.41. The molecule has 1 atom stereocenters. The van der Waals surface area contributed by atoms with Crippen molar-refractivity contribution in [2.75, 3.05) is 64.6 Å². The van der Waals surface area contributed by atoms with Crippen molar-refractivity contribution in [1.82, 2.24) is 20.9 Å². The Bertz CT molecular complexity index is 1270. The maximum absolute atomic E-state index is 12.0. The standard InChI is InChI=1S/C18H19N3O3.C8H14N2O4.C5H11N.C4H11N.C3H8.2C2H6/c1-13-4-2-3-5-16(13)21-18(24)20-15-8-6-14(7-9-15)12-17(23)19-10-11-22;1-9-6(5-7(12)14-2)8(13)10-3-4-11;1-6-4-2-3-5-6;1-2-3-4-5;1-3-2;2*1-2/h2-9,11H,10,12H2,1H3,(H,19,23)(H2,20,21,24);4,6,9H,3,5H2,1-2H3,(H,10,13);2-5H2,1H3;2-5H2,1H3;3H2,1-2H3;2*1-2H3. The number of aryl methyl sites for hydroxylation is 1. The van der Waals surface area contributed by atoms with Gasteiger partial charge in [-0.2, -0.15) is 0 Å². The van der Waals surface area contributed by atoms with Crippen molar-refractivity contribution < 1.29 is 33.5 Å². The minimum Gasteiger partial charge on any atom is -0.469 e. The number of nitrogens with zero attached hydrogens (tertiary/aromatic N) is 1. The second kappa shape index (κ2) is 43.1. The van der Waals surface area contributed by atoms with Gasteiger partial charge >= 0.3 is 12.0 Å². The molecule has 1 fully saturated rings. The molecule has 0 bridgehead atoms. The largest absolute Gasteiger partial charge is 0.469 e. The van der Waals surface area contributed by atoms with Gasteiger partial charge in [0.15, 0.2) is 0 Å². The molecule has 0 aliphatic carbocycles. The quantitative estimate of drug-likeness (QED) is 0.0993. The van der Waals surface area contributed by atoms with Crippen LogP contribution in [0.5, 0.6) is 0 Å². The van der Waals surface area contributed by atoms with Crippen molar-refractivity contribution in [2.24, 2.45) is 5.73 Å². The van der Waals surface area contributed by atoms with Gasteiger partial charge in [-0.05, 0) is 89.2 Å². The Labute approximate surface area is 337 Å². The number of hydrogen-bond acceptors (Lipinski definition) is 10. The van der Waals surface area contributed by atoms with Gasteiger partial charge in [0.1, 0.15) is 12.6 Å². The van der Waals surface area contributed by atoms with Gasteiger partial charge in [0.2, 0.25) is 11.8 Å². The van der Waals surface area contributed by atoms with Gasteiger partial charge in [-0.25, -0.2) is 4.79 Å². The van der Waals surface area contributed by atoms with Crippen molar-refractivity contribution >= 4 is 47.8 Å². The lowest BCUT2D eigenvalue weighted by atomic mass is 10.1. The van der Waals surface area contributed by atoms with E-state index in [9.17, 15) is 28.8 Å². The van der Waals surface area contributed by atoms with Gasteiger partial charge in [0.25, 0.3) is 0 Å². The Morgan fingerprint density at radius 1 is 0.857 bits per heavy atom. The van der Waals surface area contributed by atoms with E-state index in [2.05, 4.69) is 64.0 Å². The van der Waals surface area contributed by atoms with Gasteiger partial charge in [0.05, 0.1) is 39.1 Å². The van der Waals surface area contributed by atoms with E-state index in [4.69, 9.17) is 5.73 Å². The summed E-state index contributed by atoms with van der Waals surface area (Å²) in [6.45, 7) is 19.7. The molecule has 7 N–H and O–H groups in total. The average molecular weight is 790 g/mol. The summed E-state index contributed by atoms with van der Waals surface area (Å²) in [5.74, 6) is -1.10. The monoisotopic (exact) mass is 790 g/mol. The van der Waals surface area contributed by atoms with E-state index in [0.29, 0.717) is 18.3 Å². The van der Waals surface area contributed by atoms with Crippen LogP contribution in [-0.4, -0.2) is 101 Å². The fourth-order valence-corrected chi connectivity index (χ4v) is 4.03. The van der Waals surface area contributed by atoms with Crippen LogP contribution in [0.3, 0.4) is 0 Å². The van der Waals surface area contributed by atoms with Gasteiger partial charge in [-0.3, -0.25) is 14.4 Å². The van der Waals surface area contributed by atoms with Crippen LogP contribution in [-0.2, 0) is 35.1 Å². The number of amides is 4. The molecule has 2 aromatic rings. The number of rotatable bonds is 14. The Morgan fingerprint density at radius 2 is 1.39 bits per heavy atom. The highest BCUT2D eigenvalue weighted by atomic mass is 16.5. The van der Waals surface area contributed by atoms with E-state index in [0.717, 1.165) is 23.4 Å². The number of benzene rings is 2. The van der Waals surface area contributed by atoms with Crippen LogP contribution in [0.4, 0.5) is 16.2 Å². The number of urea groups is 1. The lowest BCUT2D eigenvalue weighted by Crippen LogP contribution is -2.44. The number of anilines is 2. The van der Waals surface area contributed by atoms with Crippen LogP contribution in [0.1, 0.15) is 98.1 Å². The fourth-order valence-electron chi connectivity index (χ4n) is 4.03. The zero-order valence-electron chi connectivity index (χ0n) is 36.2. The molecule has 14 heteroatoms. The molecule has 0 radical (unpaired) electrons. The zero-order chi connectivity index (χ0) is 43.6. The van der Waals surface area contributed by atoms with Gasteiger partial charge in [-0.15, -0.1) is 0 Å². The number of carbonyl (C=O) groups is 6. The number of hydrogen-bond donors (Lipinski definition) is 6. The summed E-state index contributed by atoms with van der Waals surface area (Å²) in [6.07, 6.45) is 7.80. The third-order valence-corrected chi connectivity index (χ3v) is 6.86. The zero-order valence-corrected chi connectivity index (χ0v) is 36.2. The molecule has 1 heterocycles. The van der Waals surface area contributed by atoms with Crippen LogP contribution in [0.25, 0.3) is 0 Å². The molecule has 3 rings (SSSR count). The number of ether oxygens (including phenoxy) is 1. The number of unbranched alkanes of at least 4 members (excludes halogenated alkanes) is 1. The summed E-state index contributed by atoms with van der Waals surface area (Å²) in [5, 5.41) is 13.0. The molecule has 56 heavy (non-hydrogen) atoms. The SMILES string of the molecule is CC.CC.CCC.CCCCN.CN1CCCC1.CNC(CC(=O)OC)C(=O)NCC=O.Cc1ccccc1NC(=O)Nc1ccc(CC(=O)NCC=O)cc1. The highest BCUT2D eigenvalue weighted by Gasteiger charge is 2.19. The lowest BCUT2D eigenvalue weighted by molar-refractivity contribution is -0.143. The lowest BCUT2D eigenvalue weighted by Gasteiger charge is -2.13. The van der Waals surface area contributed by atoms with Crippen molar-refractivity contribution in [2.45, 2.75) is 106 Å². The van der Waals surface area contributed by atoms with E-state index in [1.165, 1.54) is 52.3 Å². The number of likely N-dealkylation sites (tertiary alicyclic amines) is 1. The van der Waals surface area contributed by atoms with Crippen LogP contribution >= 0.6 is 0 Å². The minimum atomic E-state index is -0.664. The summed E-state index contributed by atoms with van der Waals surface area (Å²) >= 11 is 0. The predicted octanol–water partition coefficient (Wildman–Crippen LogP) is 5.88. The Kier molecular flexibility index (Phi) is 44.7. The van der Waals surface area contributed by atoms with E-state index >= 15 is 0 Å². The molecule has 1 saturated heterocycles. The molecule has 2 aromatic carbocycles. The minimum absolute atomic E-state index is 0.0115. The summed E-state index contributed by atoms with van der Waals surface area (Å²) in [6, 6.07) is 13.5. The van der Waals surface area contributed by atoms with E-state index < -0.39 is 17.9 Å². The summed E-state index contributed by atoms with van der Waals surface area (Å²) in [5.41, 5.74) is 8.28. The highest BCUT2D eigenvalue weighted by Crippen LogP contribution is 2.15. The second-order valence-corrected chi connectivity index (χ2v) is 11.6. The topological polar surface area (TPSA) is 201 Å². The smallest absolute Gasteiger partial charge is 0.323 e. The number of nitrogens with two attached hydrogens (primary N) is 1.